The number of rotatable bonds is 3. The predicted molar refractivity (Wildman–Crippen MR) is 57.7 cm³/mol. The lowest BCUT2D eigenvalue weighted by Gasteiger charge is -2.22. The summed E-state index contributed by atoms with van der Waals surface area (Å²) >= 11 is 0. The summed E-state index contributed by atoms with van der Waals surface area (Å²) in [5, 5.41) is 0. The third-order valence-electron chi connectivity index (χ3n) is 2.45. The first-order valence-corrected chi connectivity index (χ1v) is 5.30. The van der Waals surface area contributed by atoms with E-state index in [1.54, 1.807) is 18.3 Å². The summed E-state index contributed by atoms with van der Waals surface area (Å²) in [5.74, 6) is 0.573. The molecule has 0 radical (unpaired) electrons. The lowest BCUT2D eigenvalue weighted by molar-refractivity contribution is -0.0119. The zero-order chi connectivity index (χ0) is 10.5. The van der Waals surface area contributed by atoms with Gasteiger partial charge in [-0.05, 0) is 25.3 Å². The summed E-state index contributed by atoms with van der Waals surface area (Å²) in [7, 11) is 0. The molecule has 1 saturated heterocycles. The normalized spacial score (nSPS) is 21.2. The molecule has 0 aromatic carbocycles. The molecule has 0 aliphatic carbocycles. The molecule has 82 valence electrons. The molecule has 0 spiro atoms. The number of nitrogen functional groups attached to an aromatic ring is 1. The highest BCUT2D eigenvalue weighted by atomic mass is 16.5. The van der Waals surface area contributed by atoms with Crippen LogP contribution in [-0.4, -0.2) is 24.3 Å². The molecule has 1 atom stereocenters. The largest absolute Gasteiger partial charge is 0.475 e. The Morgan fingerprint density at radius 1 is 1.53 bits per heavy atom. The van der Waals surface area contributed by atoms with Gasteiger partial charge in [0, 0.05) is 24.6 Å². The minimum absolute atomic E-state index is 0.210. The fourth-order valence-corrected chi connectivity index (χ4v) is 1.62. The molecule has 2 heterocycles. The monoisotopic (exact) mass is 208 g/mol. The Bertz CT molecular complexity index is 311. The van der Waals surface area contributed by atoms with Gasteiger partial charge in [0.15, 0.2) is 0 Å². The quantitative estimate of drug-likeness (QED) is 0.819. The Morgan fingerprint density at radius 3 is 3.20 bits per heavy atom. The maximum atomic E-state index is 5.62. The fourth-order valence-electron chi connectivity index (χ4n) is 1.62. The molecular weight excluding hydrogens is 192 g/mol. The average Bonchev–Trinajstić information content (AvgIpc) is 2.28. The van der Waals surface area contributed by atoms with Crippen molar-refractivity contribution in [3.8, 4) is 5.88 Å². The minimum Gasteiger partial charge on any atom is -0.475 e. The number of aromatic nitrogens is 1. The molecule has 2 rings (SSSR count). The molecule has 1 fully saturated rings. The summed E-state index contributed by atoms with van der Waals surface area (Å²) in [6, 6.07) is 3.47. The van der Waals surface area contributed by atoms with Crippen LogP contribution in [0.15, 0.2) is 18.3 Å². The molecule has 0 amide bonds. The summed E-state index contributed by atoms with van der Waals surface area (Å²) in [5.41, 5.74) is 6.29. The molecule has 0 saturated carbocycles. The van der Waals surface area contributed by atoms with Crippen molar-refractivity contribution < 1.29 is 9.47 Å². The molecule has 15 heavy (non-hydrogen) atoms. The lowest BCUT2D eigenvalue weighted by atomic mass is 10.1. The Labute approximate surface area is 89.4 Å². The van der Waals surface area contributed by atoms with Gasteiger partial charge < -0.3 is 15.2 Å². The number of nitrogens with zero attached hydrogens (tertiary/aromatic N) is 1. The number of nitrogens with two attached hydrogens (primary N) is 1. The highest BCUT2D eigenvalue weighted by molar-refractivity contribution is 5.39. The van der Waals surface area contributed by atoms with Gasteiger partial charge in [-0.3, -0.25) is 0 Å². The number of pyridine rings is 1. The SMILES string of the molecule is Nc1ccnc(OCC2CCCCO2)c1. The third kappa shape index (κ3) is 3.09. The van der Waals surface area contributed by atoms with Crippen molar-refractivity contribution in [1.82, 2.24) is 4.98 Å². The molecule has 1 aliphatic rings. The summed E-state index contributed by atoms with van der Waals surface area (Å²) in [6.07, 6.45) is 5.31. The van der Waals surface area contributed by atoms with Gasteiger partial charge in [-0.25, -0.2) is 4.98 Å². The van der Waals surface area contributed by atoms with Crippen LogP contribution in [0, 0.1) is 0 Å². The number of anilines is 1. The third-order valence-corrected chi connectivity index (χ3v) is 2.45. The van der Waals surface area contributed by atoms with E-state index in [0.717, 1.165) is 19.4 Å². The van der Waals surface area contributed by atoms with Gasteiger partial charge in [-0.1, -0.05) is 0 Å². The van der Waals surface area contributed by atoms with Crippen LogP contribution in [0.5, 0.6) is 5.88 Å². The Hall–Kier alpha value is -1.29. The van der Waals surface area contributed by atoms with E-state index in [-0.39, 0.29) is 6.10 Å². The Kier molecular flexibility index (Phi) is 3.40. The zero-order valence-electron chi connectivity index (χ0n) is 8.69. The van der Waals surface area contributed by atoms with E-state index in [1.165, 1.54) is 6.42 Å². The molecule has 1 aromatic heterocycles. The molecule has 1 unspecified atom stereocenters. The van der Waals surface area contributed by atoms with E-state index in [4.69, 9.17) is 15.2 Å². The smallest absolute Gasteiger partial charge is 0.215 e. The molecule has 4 heteroatoms. The van der Waals surface area contributed by atoms with Crippen LogP contribution in [0.2, 0.25) is 0 Å². The summed E-state index contributed by atoms with van der Waals surface area (Å²) < 4.78 is 11.1. The second-order valence-corrected chi connectivity index (χ2v) is 3.73. The summed E-state index contributed by atoms with van der Waals surface area (Å²) in [4.78, 5) is 4.07. The number of hydrogen-bond donors (Lipinski definition) is 1. The van der Waals surface area contributed by atoms with Gasteiger partial charge >= 0.3 is 0 Å². The summed E-state index contributed by atoms with van der Waals surface area (Å²) in [6.45, 7) is 1.41. The minimum atomic E-state index is 0.210. The molecule has 1 aliphatic heterocycles. The maximum absolute atomic E-state index is 5.62. The van der Waals surface area contributed by atoms with Crippen molar-refractivity contribution in [3.05, 3.63) is 18.3 Å². The van der Waals surface area contributed by atoms with Crippen molar-refractivity contribution in [2.45, 2.75) is 25.4 Å². The van der Waals surface area contributed by atoms with E-state index >= 15 is 0 Å². The van der Waals surface area contributed by atoms with Crippen LogP contribution in [-0.2, 0) is 4.74 Å². The van der Waals surface area contributed by atoms with Gasteiger partial charge in [0.2, 0.25) is 5.88 Å². The average molecular weight is 208 g/mol. The van der Waals surface area contributed by atoms with E-state index in [0.29, 0.717) is 18.2 Å². The molecule has 0 bridgehead atoms. The second-order valence-electron chi connectivity index (χ2n) is 3.73. The Morgan fingerprint density at radius 2 is 2.47 bits per heavy atom. The number of ether oxygens (including phenoxy) is 2. The van der Waals surface area contributed by atoms with Crippen molar-refractivity contribution in [1.29, 1.82) is 0 Å². The van der Waals surface area contributed by atoms with Crippen LogP contribution in [0.1, 0.15) is 19.3 Å². The van der Waals surface area contributed by atoms with Gasteiger partial charge in [0.25, 0.3) is 0 Å². The van der Waals surface area contributed by atoms with E-state index in [2.05, 4.69) is 4.98 Å². The van der Waals surface area contributed by atoms with E-state index in [1.807, 2.05) is 0 Å². The van der Waals surface area contributed by atoms with Gasteiger partial charge in [-0.2, -0.15) is 0 Å². The Balaban J connectivity index is 1.81. The maximum Gasteiger partial charge on any atom is 0.215 e. The standard InChI is InChI=1S/C11H16N2O2/c12-9-4-5-13-11(7-9)15-8-10-3-1-2-6-14-10/h4-5,7,10H,1-3,6,8H2,(H2,12,13). The zero-order valence-corrected chi connectivity index (χ0v) is 8.69. The van der Waals surface area contributed by atoms with Crippen LogP contribution < -0.4 is 10.5 Å². The molecular formula is C11H16N2O2. The highest BCUT2D eigenvalue weighted by Crippen LogP contribution is 2.15. The van der Waals surface area contributed by atoms with E-state index < -0.39 is 0 Å². The first kappa shape index (κ1) is 10.2. The fraction of sp³-hybridized carbons (Fsp3) is 0.545. The van der Waals surface area contributed by atoms with Crippen molar-refractivity contribution in [2.75, 3.05) is 18.9 Å². The van der Waals surface area contributed by atoms with Crippen LogP contribution in [0.4, 0.5) is 5.69 Å². The predicted octanol–water partition coefficient (Wildman–Crippen LogP) is 1.61. The van der Waals surface area contributed by atoms with Gasteiger partial charge in [-0.15, -0.1) is 0 Å². The second kappa shape index (κ2) is 4.98. The number of hydrogen-bond acceptors (Lipinski definition) is 4. The molecule has 2 N–H and O–H groups in total. The molecule has 1 aromatic rings. The van der Waals surface area contributed by atoms with Crippen LogP contribution in [0.3, 0.4) is 0 Å². The first-order valence-electron chi connectivity index (χ1n) is 5.30. The van der Waals surface area contributed by atoms with Crippen LogP contribution >= 0.6 is 0 Å². The van der Waals surface area contributed by atoms with Crippen LogP contribution in [0.25, 0.3) is 0 Å². The lowest BCUT2D eigenvalue weighted by Crippen LogP contribution is -2.25. The topological polar surface area (TPSA) is 57.4 Å². The van der Waals surface area contributed by atoms with Crippen molar-refractivity contribution in [2.24, 2.45) is 0 Å². The van der Waals surface area contributed by atoms with Crippen molar-refractivity contribution >= 4 is 5.69 Å². The van der Waals surface area contributed by atoms with Gasteiger partial charge in [0.1, 0.15) is 6.61 Å². The highest BCUT2D eigenvalue weighted by Gasteiger charge is 2.14. The van der Waals surface area contributed by atoms with Gasteiger partial charge in [0.05, 0.1) is 6.10 Å². The van der Waals surface area contributed by atoms with E-state index in [9.17, 15) is 0 Å². The first-order chi connectivity index (χ1) is 7.34. The molecule has 4 nitrogen and oxygen atoms in total. The van der Waals surface area contributed by atoms with Crippen molar-refractivity contribution in [3.63, 3.8) is 0 Å².